The number of hydrogen-bond donors (Lipinski definition) is 3. The van der Waals surface area contributed by atoms with Gasteiger partial charge in [0.2, 0.25) is 5.91 Å². The number of amides is 1. The molecule has 1 saturated carbocycles. The topological polar surface area (TPSA) is 87.7 Å². The Balaban J connectivity index is 2.17. The van der Waals surface area contributed by atoms with Gasteiger partial charge in [-0.3, -0.25) is 4.79 Å². The molecular formula is C16H23N3O2. The highest BCUT2D eigenvalue weighted by Gasteiger charge is 2.36. The second-order valence-electron chi connectivity index (χ2n) is 5.96. The summed E-state index contributed by atoms with van der Waals surface area (Å²) in [5.41, 5.74) is 6.20. The average Bonchev–Trinajstić information content (AvgIpc) is 2.53. The summed E-state index contributed by atoms with van der Waals surface area (Å²) in [4.78, 5) is 12.6. The molecule has 1 aliphatic rings. The molecule has 0 aliphatic heterocycles. The van der Waals surface area contributed by atoms with Crippen molar-refractivity contribution in [1.82, 2.24) is 5.32 Å². The fourth-order valence-corrected chi connectivity index (χ4v) is 2.90. The summed E-state index contributed by atoms with van der Waals surface area (Å²) in [6.45, 7) is 2.00. The predicted octanol–water partition coefficient (Wildman–Crippen LogP) is 2.56. The lowest BCUT2D eigenvalue weighted by molar-refractivity contribution is -0.132. The van der Waals surface area contributed by atoms with Crippen LogP contribution in [0.4, 0.5) is 0 Å². The Hall–Kier alpha value is -2.04. The smallest absolute Gasteiger partial charge is 0.226 e. The number of carbonyl (C=O) groups is 1. The quantitative estimate of drug-likeness (QED) is 0.344. The van der Waals surface area contributed by atoms with E-state index in [4.69, 9.17) is 10.9 Å². The summed E-state index contributed by atoms with van der Waals surface area (Å²) < 4.78 is 0. The molecule has 1 aromatic carbocycles. The summed E-state index contributed by atoms with van der Waals surface area (Å²) in [5.74, 6) is -0.0309. The Morgan fingerprint density at radius 3 is 2.48 bits per heavy atom. The highest BCUT2D eigenvalue weighted by Crippen LogP contribution is 2.36. The van der Waals surface area contributed by atoms with Crippen LogP contribution in [0.5, 0.6) is 0 Å². The van der Waals surface area contributed by atoms with E-state index in [2.05, 4.69) is 10.5 Å². The van der Waals surface area contributed by atoms with Crippen LogP contribution in [-0.4, -0.2) is 17.0 Å². The van der Waals surface area contributed by atoms with Crippen molar-refractivity contribution in [2.24, 2.45) is 16.3 Å². The highest BCUT2D eigenvalue weighted by atomic mass is 16.4. The first-order valence-corrected chi connectivity index (χ1v) is 7.40. The molecule has 1 aliphatic carbocycles. The summed E-state index contributed by atoms with van der Waals surface area (Å²) in [6.07, 6.45) is 5.10. The molecule has 114 valence electrons. The van der Waals surface area contributed by atoms with Gasteiger partial charge in [0, 0.05) is 5.41 Å². The van der Waals surface area contributed by atoms with Crippen LogP contribution in [0.2, 0.25) is 0 Å². The molecule has 5 heteroatoms. The van der Waals surface area contributed by atoms with Crippen LogP contribution >= 0.6 is 0 Å². The van der Waals surface area contributed by atoms with Crippen LogP contribution in [0.1, 0.15) is 50.6 Å². The maximum Gasteiger partial charge on any atom is 0.226 e. The van der Waals surface area contributed by atoms with Crippen LogP contribution in [0.15, 0.2) is 35.5 Å². The second-order valence-corrected chi connectivity index (χ2v) is 5.96. The SMILES string of the molecule is CC1(C(=O)NC(/C(N)=N/O)c2ccccc2)CCCCC1. The zero-order valence-electron chi connectivity index (χ0n) is 12.4. The minimum absolute atomic E-state index is 0.00559. The van der Waals surface area contributed by atoms with E-state index < -0.39 is 6.04 Å². The molecule has 1 fully saturated rings. The van der Waals surface area contributed by atoms with Gasteiger partial charge in [0.05, 0.1) is 0 Å². The van der Waals surface area contributed by atoms with E-state index in [9.17, 15) is 4.79 Å². The zero-order valence-corrected chi connectivity index (χ0v) is 12.4. The van der Waals surface area contributed by atoms with Gasteiger partial charge in [0.15, 0.2) is 5.84 Å². The standard InChI is InChI=1S/C16H23N3O2/c1-16(10-6-3-7-11-16)15(20)18-13(14(17)19-21)12-8-4-2-5-9-12/h2,4-5,8-9,13,21H,3,6-7,10-11H2,1H3,(H2,17,19)(H,18,20). The second kappa shape index (κ2) is 6.61. The minimum Gasteiger partial charge on any atom is -0.409 e. The summed E-state index contributed by atoms with van der Waals surface area (Å²) in [6, 6.07) is 8.72. The largest absolute Gasteiger partial charge is 0.409 e. The van der Waals surface area contributed by atoms with Crippen molar-refractivity contribution < 1.29 is 10.0 Å². The molecule has 2 rings (SSSR count). The summed E-state index contributed by atoms with van der Waals surface area (Å²) in [5, 5.41) is 15.0. The lowest BCUT2D eigenvalue weighted by atomic mass is 9.75. The van der Waals surface area contributed by atoms with Gasteiger partial charge >= 0.3 is 0 Å². The van der Waals surface area contributed by atoms with Gasteiger partial charge in [0.25, 0.3) is 0 Å². The van der Waals surface area contributed by atoms with Gasteiger partial charge in [-0.2, -0.15) is 0 Å². The molecule has 1 atom stereocenters. The Bertz CT molecular complexity index is 508. The summed E-state index contributed by atoms with van der Waals surface area (Å²) in [7, 11) is 0. The lowest BCUT2D eigenvalue weighted by Crippen LogP contribution is -2.45. The fourth-order valence-electron chi connectivity index (χ4n) is 2.90. The molecule has 1 unspecified atom stereocenters. The van der Waals surface area contributed by atoms with Crippen molar-refractivity contribution in [2.45, 2.75) is 45.1 Å². The van der Waals surface area contributed by atoms with E-state index in [1.54, 1.807) is 0 Å². The van der Waals surface area contributed by atoms with Gasteiger partial charge in [-0.1, -0.05) is 61.7 Å². The normalized spacial score (nSPS) is 19.8. The monoisotopic (exact) mass is 289 g/mol. The minimum atomic E-state index is -0.595. The third-order valence-electron chi connectivity index (χ3n) is 4.32. The number of oxime groups is 1. The molecule has 1 aromatic rings. The van der Waals surface area contributed by atoms with Crippen LogP contribution in [-0.2, 0) is 4.79 Å². The fraction of sp³-hybridized carbons (Fsp3) is 0.500. The van der Waals surface area contributed by atoms with Crippen molar-refractivity contribution >= 4 is 11.7 Å². The van der Waals surface area contributed by atoms with Crippen molar-refractivity contribution in [3.63, 3.8) is 0 Å². The van der Waals surface area contributed by atoms with E-state index >= 15 is 0 Å². The maximum atomic E-state index is 12.6. The van der Waals surface area contributed by atoms with Gasteiger partial charge in [-0.05, 0) is 18.4 Å². The van der Waals surface area contributed by atoms with Gasteiger partial charge < -0.3 is 16.3 Å². The Labute approximate surface area is 125 Å². The van der Waals surface area contributed by atoms with Crippen molar-refractivity contribution in [3.05, 3.63) is 35.9 Å². The average molecular weight is 289 g/mol. The van der Waals surface area contributed by atoms with E-state index in [-0.39, 0.29) is 17.2 Å². The third-order valence-corrected chi connectivity index (χ3v) is 4.32. The number of carbonyl (C=O) groups excluding carboxylic acids is 1. The molecule has 1 amide bonds. The van der Waals surface area contributed by atoms with Gasteiger partial charge in [0.1, 0.15) is 6.04 Å². The van der Waals surface area contributed by atoms with Crippen molar-refractivity contribution in [3.8, 4) is 0 Å². The Morgan fingerprint density at radius 2 is 1.90 bits per heavy atom. The van der Waals surface area contributed by atoms with Gasteiger partial charge in [-0.15, -0.1) is 0 Å². The van der Waals surface area contributed by atoms with E-state index in [1.165, 1.54) is 6.42 Å². The van der Waals surface area contributed by atoms with Crippen LogP contribution in [0, 0.1) is 5.41 Å². The zero-order chi connectivity index (χ0) is 15.3. The maximum absolute atomic E-state index is 12.6. The Kier molecular flexibility index (Phi) is 4.83. The highest BCUT2D eigenvalue weighted by molar-refractivity contribution is 5.92. The first-order chi connectivity index (χ1) is 10.1. The number of hydrogen-bond acceptors (Lipinski definition) is 3. The third kappa shape index (κ3) is 3.54. The number of rotatable bonds is 4. The number of nitrogens with one attached hydrogen (secondary N) is 1. The first-order valence-electron chi connectivity index (χ1n) is 7.40. The van der Waals surface area contributed by atoms with Gasteiger partial charge in [-0.25, -0.2) is 0 Å². The molecule has 4 N–H and O–H groups in total. The first kappa shape index (κ1) is 15.4. The molecule has 21 heavy (non-hydrogen) atoms. The molecule has 5 nitrogen and oxygen atoms in total. The molecular weight excluding hydrogens is 266 g/mol. The van der Waals surface area contributed by atoms with Crippen LogP contribution in [0.25, 0.3) is 0 Å². The van der Waals surface area contributed by atoms with Crippen LogP contribution < -0.4 is 11.1 Å². The molecule has 0 radical (unpaired) electrons. The van der Waals surface area contributed by atoms with Crippen molar-refractivity contribution in [2.75, 3.05) is 0 Å². The lowest BCUT2D eigenvalue weighted by Gasteiger charge is -2.33. The van der Waals surface area contributed by atoms with E-state index in [1.807, 2.05) is 37.3 Å². The predicted molar refractivity (Wildman–Crippen MR) is 81.9 cm³/mol. The number of nitrogens with zero attached hydrogens (tertiary/aromatic N) is 1. The molecule has 0 spiro atoms. The van der Waals surface area contributed by atoms with E-state index in [0.29, 0.717) is 0 Å². The molecule has 0 saturated heterocycles. The molecule has 0 heterocycles. The van der Waals surface area contributed by atoms with Crippen LogP contribution in [0.3, 0.4) is 0 Å². The number of amidine groups is 1. The number of nitrogens with two attached hydrogens (primary N) is 1. The number of benzene rings is 1. The molecule has 0 bridgehead atoms. The summed E-state index contributed by atoms with van der Waals surface area (Å²) >= 11 is 0. The Morgan fingerprint density at radius 1 is 1.29 bits per heavy atom. The molecule has 0 aromatic heterocycles. The van der Waals surface area contributed by atoms with E-state index in [0.717, 1.165) is 31.2 Å². The van der Waals surface area contributed by atoms with Crippen molar-refractivity contribution in [1.29, 1.82) is 0 Å².